The van der Waals surface area contributed by atoms with Gasteiger partial charge in [0.15, 0.2) is 5.76 Å². The number of aryl methyl sites for hydroxylation is 2. The van der Waals surface area contributed by atoms with Gasteiger partial charge in [0.1, 0.15) is 17.5 Å². The van der Waals surface area contributed by atoms with Crippen LogP contribution in [-0.2, 0) is 16.0 Å². The highest BCUT2D eigenvalue weighted by Crippen LogP contribution is 2.34. The Morgan fingerprint density at radius 3 is 2.56 bits per heavy atom. The topological polar surface area (TPSA) is 93.5 Å². The zero-order chi connectivity index (χ0) is 25.2. The number of rotatable bonds is 5. The third-order valence-electron chi connectivity index (χ3n) is 6.20. The highest BCUT2D eigenvalue weighted by atomic mass is 35.5. The van der Waals surface area contributed by atoms with E-state index >= 15 is 0 Å². The van der Waals surface area contributed by atoms with Crippen LogP contribution in [0.5, 0.6) is 0 Å². The summed E-state index contributed by atoms with van der Waals surface area (Å²) in [4.78, 5) is 24.4. The second-order valence-corrected chi connectivity index (χ2v) is 9.07. The number of nitrogens with zero attached hydrogens (tertiary/aromatic N) is 1. The molecule has 2 heterocycles. The first-order valence-corrected chi connectivity index (χ1v) is 12.0. The quantitative estimate of drug-likeness (QED) is 0.302. The number of fused-ring (bicyclic) bond motifs is 1. The fourth-order valence-corrected chi connectivity index (χ4v) is 4.53. The van der Waals surface area contributed by atoms with E-state index in [2.05, 4.69) is 21.9 Å². The molecule has 2 N–H and O–H groups in total. The van der Waals surface area contributed by atoms with Gasteiger partial charge in [-0.3, -0.25) is 10.1 Å². The van der Waals surface area contributed by atoms with E-state index in [0.29, 0.717) is 34.1 Å². The van der Waals surface area contributed by atoms with Crippen LogP contribution in [0.4, 0.5) is 16.2 Å². The summed E-state index contributed by atoms with van der Waals surface area (Å²) in [5.41, 5.74) is 6.41. The normalized spacial score (nSPS) is 13.5. The Balaban J connectivity index is 1.33. The minimum atomic E-state index is -0.636. The van der Waals surface area contributed by atoms with Gasteiger partial charge in [-0.15, -0.1) is 0 Å². The summed E-state index contributed by atoms with van der Waals surface area (Å²) >= 11 is 6.22. The van der Waals surface area contributed by atoms with Gasteiger partial charge < -0.3 is 14.6 Å². The number of amides is 2. The Hall–Kier alpha value is -4.10. The average Bonchev–Trinajstić information content (AvgIpc) is 3.23. The lowest BCUT2D eigenvalue weighted by atomic mass is 9.97. The van der Waals surface area contributed by atoms with Gasteiger partial charge in [-0.25, -0.2) is 4.79 Å². The van der Waals surface area contributed by atoms with Crippen molar-refractivity contribution in [3.05, 3.63) is 88.6 Å². The van der Waals surface area contributed by atoms with Gasteiger partial charge in [0.2, 0.25) is 5.91 Å². The fourth-order valence-electron chi connectivity index (χ4n) is 4.24. The van der Waals surface area contributed by atoms with Crippen LogP contribution >= 0.6 is 11.6 Å². The second-order valence-electron chi connectivity index (χ2n) is 8.66. The Morgan fingerprint density at radius 2 is 1.78 bits per heavy atom. The molecule has 8 heteroatoms. The van der Waals surface area contributed by atoms with Crippen molar-refractivity contribution in [3.8, 4) is 22.5 Å². The highest BCUT2D eigenvalue weighted by Gasteiger charge is 2.21. The van der Waals surface area contributed by atoms with E-state index in [1.807, 2.05) is 54.6 Å². The molecule has 0 bridgehead atoms. The average molecular weight is 502 g/mol. The van der Waals surface area contributed by atoms with Gasteiger partial charge in [0, 0.05) is 28.3 Å². The predicted octanol–water partition coefficient (Wildman–Crippen LogP) is 7.16. The maximum absolute atomic E-state index is 12.6. The maximum atomic E-state index is 12.6. The number of aromatic nitrogens is 1. The molecule has 3 aromatic carbocycles. The first-order valence-electron chi connectivity index (χ1n) is 11.6. The van der Waals surface area contributed by atoms with Gasteiger partial charge in [-0.05, 0) is 49.1 Å². The predicted molar refractivity (Wildman–Crippen MR) is 139 cm³/mol. The summed E-state index contributed by atoms with van der Waals surface area (Å²) in [6.07, 6.45) is 0.0897. The molecule has 2 amide bonds. The number of halogens is 1. The number of hydrogen-bond donors (Lipinski definition) is 2. The lowest BCUT2D eigenvalue weighted by molar-refractivity contribution is -0.116. The van der Waals surface area contributed by atoms with Crippen LogP contribution in [0.25, 0.3) is 22.5 Å². The minimum Gasteiger partial charge on any atom is -0.441 e. The number of anilines is 2. The summed E-state index contributed by atoms with van der Waals surface area (Å²) in [6.45, 7) is 3.50. The highest BCUT2D eigenvalue weighted by molar-refractivity contribution is 6.31. The lowest BCUT2D eigenvalue weighted by Crippen LogP contribution is -2.18. The summed E-state index contributed by atoms with van der Waals surface area (Å²) in [6, 6.07) is 21.0. The molecule has 0 saturated carbocycles. The van der Waals surface area contributed by atoms with Crippen LogP contribution in [0.15, 0.2) is 71.3 Å². The molecular formula is C28H24ClN3O4. The van der Waals surface area contributed by atoms with Crippen LogP contribution < -0.4 is 10.6 Å². The Kier molecular flexibility index (Phi) is 6.48. The Labute approximate surface area is 213 Å². The van der Waals surface area contributed by atoms with Gasteiger partial charge >= 0.3 is 6.09 Å². The van der Waals surface area contributed by atoms with Crippen molar-refractivity contribution in [2.75, 3.05) is 10.6 Å². The minimum absolute atomic E-state index is 0.0375. The number of benzene rings is 3. The molecule has 7 nitrogen and oxygen atoms in total. The van der Waals surface area contributed by atoms with E-state index in [9.17, 15) is 9.59 Å². The van der Waals surface area contributed by atoms with Crippen LogP contribution in [0.2, 0.25) is 5.02 Å². The summed E-state index contributed by atoms with van der Waals surface area (Å²) in [7, 11) is 0. The van der Waals surface area contributed by atoms with Crippen LogP contribution in [0, 0.1) is 6.92 Å². The maximum Gasteiger partial charge on any atom is 0.412 e. The van der Waals surface area contributed by atoms with E-state index in [4.69, 9.17) is 20.9 Å². The third kappa shape index (κ3) is 4.83. The standard InChI is InChI=1S/C28H24ClN3O4/c1-16-26(31-28(34)35-17(2)22-5-3-4-6-23(22)29)27(36-32-16)20-10-7-18(8-11-20)21-12-9-19-13-14-25(33)30-24(19)15-21/h3-12,15,17H,13-14H2,1-2H3,(H,30,33)(H,31,34). The molecule has 4 aromatic rings. The number of ether oxygens (including phenoxy) is 1. The van der Waals surface area contributed by atoms with Gasteiger partial charge in [0.25, 0.3) is 0 Å². The largest absolute Gasteiger partial charge is 0.441 e. The molecule has 1 aliphatic rings. The molecule has 0 saturated heterocycles. The molecule has 0 spiro atoms. The fraction of sp³-hybridized carbons (Fsp3) is 0.179. The van der Waals surface area contributed by atoms with Gasteiger partial charge in [0.05, 0.1) is 0 Å². The zero-order valence-electron chi connectivity index (χ0n) is 19.8. The molecule has 1 aliphatic heterocycles. The van der Waals surface area contributed by atoms with Crippen LogP contribution in [0.3, 0.4) is 0 Å². The molecule has 1 atom stereocenters. The molecule has 182 valence electrons. The zero-order valence-corrected chi connectivity index (χ0v) is 20.6. The van der Waals surface area contributed by atoms with Gasteiger partial charge in [-0.2, -0.15) is 0 Å². The monoisotopic (exact) mass is 501 g/mol. The molecule has 0 aliphatic carbocycles. The Morgan fingerprint density at radius 1 is 1.06 bits per heavy atom. The first kappa shape index (κ1) is 23.6. The summed E-state index contributed by atoms with van der Waals surface area (Å²) < 4.78 is 11.1. The molecular weight excluding hydrogens is 478 g/mol. The number of carbonyl (C=O) groups is 2. The summed E-state index contributed by atoms with van der Waals surface area (Å²) in [5.74, 6) is 0.467. The van der Waals surface area contributed by atoms with Crippen molar-refractivity contribution in [2.45, 2.75) is 32.8 Å². The van der Waals surface area contributed by atoms with Crippen LogP contribution in [-0.4, -0.2) is 17.2 Å². The summed E-state index contributed by atoms with van der Waals surface area (Å²) in [5, 5.41) is 10.3. The lowest BCUT2D eigenvalue weighted by Gasteiger charge is -2.17. The molecule has 1 unspecified atom stereocenters. The van der Waals surface area contributed by atoms with Crippen molar-refractivity contribution in [2.24, 2.45) is 0 Å². The Bertz CT molecular complexity index is 1450. The SMILES string of the molecule is Cc1noc(-c2ccc(-c3ccc4c(c3)NC(=O)CC4)cc2)c1NC(=O)OC(C)c1ccccc1Cl. The van der Waals surface area contributed by atoms with E-state index in [1.54, 1.807) is 19.9 Å². The van der Waals surface area contributed by atoms with E-state index in [-0.39, 0.29) is 5.91 Å². The van der Waals surface area contributed by atoms with Gasteiger partial charge in [-0.1, -0.05) is 71.4 Å². The van der Waals surface area contributed by atoms with Crippen molar-refractivity contribution in [1.82, 2.24) is 5.16 Å². The molecule has 36 heavy (non-hydrogen) atoms. The smallest absolute Gasteiger partial charge is 0.412 e. The van der Waals surface area contributed by atoms with E-state index in [1.165, 1.54) is 0 Å². The molecule has 1 aromatic heterocycles. The third-order valence-corrected chi connectivity index (χ3v) is 6.55. The number of nitrogens with one attached hydrogen (secondary N) is 2. The second kappa shape index (κ2) is 9.87. The van der Waals surface area contributed by atoms with E-state index < -0.39 is 12.2 Å². The number of hydrogen-bond acceptors (Lipinski definition) is 5. The van der Waals surface area contributed by atoms with Crippen molar-refractivity contribution in [3.63, 3.8) is 0 Å². The van der Waals surface area contributed by atoms with Crippen molar-refractivity contribution >= 4 is 35.0 Å². The van der Waals surface area contributed by atoms with Crippen LogP contribution in [0.1, 0.15) is 36.3 Å². The molecule has 0 radical (unpaired) electrons. The van der Waals surface area contributed by atoms with Crippen molar-refractivity contribution < 1.29 is 18.8 Å². The molecule has 5 rings (SSSR count). The number of carbonyl (C=O) groups excluding carboxylic acids is 2. The van der Waals surface area contributed by atoms with E-state index in [0.717, 1.165) is 34.4 Å². The van der Waals surface area contributed by atoms with Crippen molar-refractivity contribution in [1.29, 1.82) is 0 Å². The molecule has 0 fully saturated rings. The first-order chi connectivity index (χ1) is 17.4.